The van der Waals surface area contributed by atoms with Gasteiger partial charge in [0.1, 0.15) is 5.69 Å². The van der Waals surface area contributed by atoms with Gasteiger partial charge in [-0.1, -0.05) is 6.07 Å². The average molecular weight is 278 g/mol. The highest BCUT2D eigenvalue weighted by Gasteiger charge is 2.18. The minimum absolute atomic E-state index is 0.0515. The van der Waals surface area contributed by atoms with Gasteiger partial charge >= 0.3 is 0 Å². The van der Waals surface area contributed by atoms with E-state index in [1.54, 1.807) is 49.2 Å². The standard InChI is InChI=1S/C15H10N4O2/c20-19(21)14-7-13(11-3-1-5-16-8-11)10-18-15(14)12-4-2-6-17-9-12/h1-10H. The molecule has 0 fully saturated rings. The van der Waals surface area contributed by atoms with Crippen LogP contribution in [0.4, 0.5) is 5.69 Å². The van der Waals surface area contributed by atoms with Crippen LogP contribution in [0.15, 0.2) is 61.3 Å². The largest absolute Gasteiger partial charge is 0.296 e. The lowest BCUT2D eigenvalue weighted by Crippen LogP contribution is -1.96. The van der Waals surface area contributed by atoms with Gasteiger partial charge in [-0.15, -0.1) is 0 Å². The fourth-order valence-corrected chi connectivity index (χ4v) is 2.01. The summed E-state index contributed by atoms with van der Waals surface area (Å²) in [6.07, 6.45) is 8.06. The Morgan fingerprint density at radius 3 is 2.14 bits per heavy atom. The first-order valence-corrected chi connectivity index (χ1v) is 6.21. The summed E-state index contributed by atoms with van der Waals surface area (Å²) in [6.45, 7) is 0. The maximum absolute atomic E-state index is 11.3. The summed E-state index contributed by atoms with van der Waals surface area (Å²) in [7, 11) is 0. The highest BCUT2D eigenvalue weighted by molar-refractivity contribution is 5.74. The molecule has 3 aromatic heterocycles. The van der Waals surface area contributed by atoms with Gasteiger partial charge in [0.15, 0.2) is 0 Å². The maximum atomic E-state index is 11.3. The first kappa shape index (κ1) is 12.9. The highest BCUT2D eigenvalue weighted by atomic mass is 16.6. The van der Waals surface area contributed by atoms with E-state index in [9.17, 15) is 10.1 Å². The molecule has 0 saturated heterocycles. The SMILES string of the molecule is O=[N+]([O-])c1cc(-c2cccnc2)cnc1-c1cccnc1. The first-order chi connectivity index (χ1) is 10.3. The van der Waals surface area contributed by atoms with Crippen molar-refractivity contribution in [2.75, 3.05) is 0 Å². The molecule has 0 bridgehead atoms. The summed E-state index contributed by atoms with van der Waals surface area (Å²) in [5, 5.41) is 11.3. The van der Waals surface area contributed by atoms with E-state index >= 15 is 0 Å². The molecule has 3 rings (SSSR count). The highest BCUT2D eigenvalue weighted by Crippen LogP contribution is 2.31. The predicted molar refractivity (Wildman–Crippen MR) is 77.4 cm³/mol. The van der Waals surface area contributed by atoms with Crippen molar-refractivity contribution in [2.24, 2.45) is 0 Å². The van der Waals surface area contributed by atoms with Crippen LogP contribution in [-0.2, 0) is 0 Å². The zero-order valence-corrected chi connectivity index (χ0v) is 10.9. The monoisotopic (exact) mass is 278 g/mol. The predicted octanol–water partition coefficient (Wildman–Crippen LogP) is 3.11. The van der Waals surface area contributed by atoms with Gasteiger partial charge in [-0.25, -0.2) is 4.98 Å². The molecule has 0 spiro atoms. The smallest absolute Gasteiger partial charge is 0.264 e. The first-order valence-electron chi connectivity index (χ1n) is 6.21. The molecule has 0 aliphatic rings. The van der Waals surface area contributed by atoms with Crippen LogP contribution in [0.25, 0.3) is 22.4 Å². The van der Waals surface area contributed by atoms with Crippen molar-refractivity contribution < 1.29 is 4.92 Å². The van der Waals surface area contributed by atoms with Gasteiger partial charge in [-0.05, 0) is 18.2 Å². The third-order valence-electron chi connectivity index (χ3n) is 2.99. The van der Waals surface area contributed by atoms with E-state index < -0.39 is 4.92 Å². The lowest BCUT2D eigenvalue weighted by atomic mass is 10.1. The van der Waals surface area contributed by atoms with Crippen molar-refractivity contribution in [2.45, 2.75) is 0 Å². The number of nitro groups is 1. The molecule has 6 nitrogen and oxygen atoms in total. The van der Waals surface area contributed by atoms with Gasteiger partial charge in [-0.2, -0.15) is 0 Å². The van der Waals surface area contributed by atoms with E-state index in [-0.39, 0.29) is 5.69 Å². The third kappa shape index (κ3) is 2.59. The molecule has 102 valence electrons. The normalized spacial score (nSPS) is 10.3. The lowest BCUT2D eigenvalue weighted by molar-refractivity contribution is -0.384. The number of hydrogen-bond acceptors (Lipinski definition) is 5. The summed E-state index contributed by atoms with van der Waals surface area (Å²) < 4.78 is 0. The topological polar surface area (TPSA) is 81.8 Å². The molecule has 0 radical (unpaired) electrons. The molecule has 0 saturated carbocycles. The Labute approximate surface area is 120 Å². The van der Waals surface area contributed by atoms with E-state index in [1.165, 1.54) is 6.07 Å². The quantitative estimate of drug-likeness (QED) is 0.543. The zero-order valence-electron chi connectivity index (χ0n) is 10.9. The number of aromatic nitrogens is 3. The van der Waals surface area contributed by atoms with Crippen molar-refractivity contribution in [3.05, 3.63) is 71.4 Å². The van der Waals surface area contributed by atoms with Crippen LogP contribution in [-0.4, -0.2) is 19.9 Å². The third-order valence-corrected chi connectivity index (χ3v) is 2.99. The van der Waals surface area contributed by atoms with Gasteiger partial charge in [0, 0.05) is 53.7 Å². The lowest BCUT2D eigenvalue weighted by Gasteiger charge is -2.05. The van der Waals surface area contributed by atoms with Gasteiger partial charge < -0.3 is 0 Å². The summed E-state index contributed by atoms with van der Waals surface area (Å²) in [5.74, 6) is 0. The molecule has 0 unspecified atom stereocenters. The number of pyridine rings is 3. The molecule has 3 heterocycles. The minimum Gasteiger partial charge on any atom is -0.264 e. The van der Waals surface area contributed by atoms with Crippen molar-refractivity contribution in [1.29, 1.82) is 0 Å². The minimum atomic E-state index is -0.435. The van der Waals surface area contributed by atoms with Gasteiger partial charge in [0.05, 0.1) is 4.92 Å². The molecule has 0 N–H and O–H groups in total. The molecule has 0 aliphatic heterocycles. The molecular weight excluding hydrogens is 268 g/mol. The fourth-order valence-electron chi connectivity index (χ4n) is 2.01. The van der Waals surface area contributed by atoms with Crippen molar-refractivity contribution in [3.63, 3.8) is 0 Å². The Hall–Kier alpha value is -3.15. The van der Waals surface area contributed by atoms with Crippen molar-refractivity contribution >= 4 is 5.69 Å². The Balaban J connectivity index is 2.14. The molecule has 0 aliphatic carbocycles. The van der Waals surface area contributed by atoms with Crippen LogP contribution in [0, 0.1) is 10.1 Å². The fraction of sp³-hybridized carbons (Fsp3) is 0. The van der Waals surface area contributed by atoms with Crippen molar-refractivity contribution in [1.82, 2.24) is 15.0 Å². The van der Waals surface area contributed by atoms with Crippen LogP contribution < -0.4 is 0 Å². The molecule has 0 aromatic carbocycles. The van der Waals surface area contributed by atoms with E-state index in [0.29, 0.717) is 16.8 Å². The molecule has 6 heteroatoms. The zero-order chi connectivity index (χ0) is 14.7. The molecule has 3 aromatic rings. The second kappa shape index (κ2) is 5.46. The Morgan fingerprint density at radius 1 is 0.905 bits per heavy atom. The van der Waals surface area contributed by atoms with E-state index in [4.69, 9.17) is 0 Å². The Morgan fingerprint density at radius 2 is 1.57 bits per heavy atom. The molecule has 0 amide bonds. The average Bonchev–Trinajstić information content (AvgIpc) is 2.56. The van der Waals surface area contributed by atoms with Crippen molar-refractivity contribution in [3.8, 4) is 22.4 Å². The van der Waals surface area contributed by atoms with Crippen LogP contribution >= 0.6 is 0 Å². The Kier molecular flexibility index (Phi) is 3.34. The molecule has 21 heavy (non-hydrogen) atoms. The second-order valence-electron chi connectivity index (χ2n) is 4.33. The second-order valence-corrected chi connectivity index (χ2v) is 4.33. The van der Waals surface area contributed by atoms with Crippen LogP contribution in [0.5, 0.6) is 0 Å². The van der Waals surface area contributed by atoms with E-state index in [2.05, 4.69) is 15.0 Å². The van der Waals surface area contributed by atoms with Crippen LogP contribution in [0.1, 0.15) is 0 Å². The summed E-state index contributed by atoms with van der Waals surface area (Å²) in [5.41, 5.74) is 2.31. The van der Waals surface area contributed by atoms with E-state index in [1.807, 2.05) is 6.07 Å². The molecular formula is C15H10N4O2. The number of rotatable bonds is 3. The number of hydrogen-bond donors (Lipinski definition) is 0. The summed E-state index contributed by atoms with van der Waals surface area (Å²) in [4.78, 5) is 23.1. The Bertz CT molecular complexity index is 776. The van der Waals surface area contributed by atoms with Gasteiger partial charge in [-0.3, -0.25) is 20.1 Å². The molecule has 0 atom stereocenters. The maximum Gasteiger partial charge on any atom is 0.296 e. The van der Waals surface area contributed by atoms with Gasteiger partial charge in [0.2, 0.25) is 0 Å². The van der Waals surface area contributed by atoms with E-state index in [0.717, 1.165) is 5.56 Å². The van der Waals surface area contributed by atoms with Crippen LogP contribution in [0.2, 0.25) is 0 Å². The summed E-state index contributed by atoms with van der Waals surface area (Å²) >= 11 is 0. The summed E-state index contributed by atoms with van der Waals surface area (Å²) in [6, 6.07) is 8.57. The number of nitrogens with zero attached hydrogens (tertiary/aromatic N) is 4. The van der Waals surface area contributed by atoms with Gasteiger partial charge in [0.25, 0.3) is 5.69 Å². The van der Waals surface area contributed by atoms with Crippen LogP contribution in [0.3, 0.4) is 0 Å².